The Labute approximate surface area is 187 Å². The Morgan fingerprint density at radius 2 is 1.97 bits per heavy atom. The van der Waals surface area contributed by atoms with Gasteiger partial charge in [0.25, 0.3) is 0 Å². The van der Waals surface area contributed by atoms with E-state index < -0.39 is 16.0 Å². The van der Waals surface area contributed by atoms with Crippen molar-refractivity contribution in [1.29, 1.82) is 0 Å². The standard InChI is InChI=1S/C22H24ClN3O4S/c1-4-13-26-20-11-10-17(31(28,29)25(2)3)14-19(20)24-21(26)15-30-22(27)12-9-16-7-5-6-8-18(16)23/h5-12,14H,4,13,15H2,1-3H3/b12-9+. The van der Waals surface area contributed by atoms with Gasteiger partial charge in [0.1, 0.15) is 12.4 Å². The van der Waals surface area contributed by atoms with Crippen LogP contribution in [-0.4, -0.2) is 42.3 Å². The SMILES string of the molecule is CCCn1c(COC(=O)/C=C/c2ccccc2Cl)nc2cc(S(=O)(=O)N(C)C)ccc21. The number of ether oxygens (including phenoxy) is 1. The summed E-state index contributed by atoms with van der Waals surface area (Å²) in [6.07, 6.45) is 3.75. The van der Waals surface area contributed by atoms with Crippen molar-refractivity contribution in [2.75, 3.05) is 14.1 Å². The number of esters is 1. The van der Waals surface area contributed by atoms with Gasteiger partial charge in [-0.15, -0.1) is 0 Å². The lowest BCUT2D eigenvalue weighted by Gasteiger charge is -2.11. The van der Waals surface area contributed by atoms with Gasteiger partial charge >= 0.3 is 5.97 Å². The van der Waals surface area contributed by atoms with Crippen molar-refractivity contribution in [3.05, 3.63) is 65.0 Å². The van der Waals surface area contributed by atoms with E-state index in [0.29, 0.717) is 28.5 Å². The van der Waals surface area contributed by atoms with E-state index in [1.165, 1.54) is 20.2 Å². The summed E-state index contributed by atoms with van der Waals surface area (Å²) in [7, 11) is -0.604. The number of nitrogens with zero attached hydrogens (tertiary/aromatic N) is 3. The molecule has 1 heterocycles. The Kier molecular flexibility index (Phi) is 7.15. The van der Waals surface area contributed by atoms with Gasteiger partial charge in [-0.1, -0.05) is 36.7 Å². The first-order valence-electron chi connectivity index (χ1n) is 9.75. The van der Waals surface area contributed by atoms with Gasteiger partial charge in [0, 0.05) is 31.7 Å². The fourth-order valence-corrected chi connectivity index (χ4v) is 4.19. The van der Waals surface area contributed by atoms with E-state index in [1.807, 2.05) is 23.6 Å². The van der Waals surface area contributed by atoms with E-state index in [-0.39, 0.29) is 11.5 Å². The number of carbonyl (C=O) groups excluding carboxylic acids is 1. The Morgan fingerprint density at radius 1 is 1.23 bits per heavy atom. The summed E-state index contributed by atoms with van der Waals surface area (Å²) in [6, 6.07) is 12.0. The van der Waals surface area contributed by atoms with Crippen LogP contribution in [0.3, 0.4) is 0 Å². The zero-order valence-corrected chi connectivity index (χ0v) is 19.2. The molecule has 164 valence electrons. The number of carbonyl (C=O) groups is 1. The summed E-state index contributed by atoms with van der Waals surface area (Å²) in [5.74, 6) is 0.0293. The Bertz CT molecular complexity index is 1230. The molecule has 3 rings (SSSR count). The number of fused-ring (bicyclic) bond motifs is 1. The number of benzene rings is 2. The van der Waals surface area contributed by atoms with Gasteiger partial charge < -0.3 is 9.30 Å². The maximum atomic E-state index is 12.4. The van der Waals surface area contributed by atoms with Gasteiger partial charge in [-0.3, -0.25) is 0 Å². The van der Waals surface area contributed by atoms with Gasteiger partial charge in [0.2, 0.25) is 10.0 Å². The van der Waals surface area contributed by atoms with Gasteiger partial charge in [-0.05, 0) is 42.3 Å². The van der Waals surface area contributed by atoms with Crippen molar-refractivity contribution < 1.29 is 17.9 Å². The molecule has 0 fully saturated rings. The minimum Gasteiger partial charge on any atom is -0.454 e. The van der Waals surface area contributed by atoms with E-state index in [0.717, 1.165) is 16.2 Å². The zero-order valence-electron chi connectivity index (χ0n) is 17.6. The normalized spacial score (nSPS) is 12.2. The van der Waals surface area contributed by atoms with Gasteiger partial charge in [0.15, 0.2) is 0 Å². The molecule has 0 saturated carbocycles. The third-order valence-electron chi connectivity index (χ3n) is 4.67. The molecule has 0 amide bonds. The summed E-state index contributed by atoms with van der Waals surface area (Å²) in [6.45, 7) is 2.66. The molecule has 2 aromatic carbocycles. The van der Waals surface area contributed by atoms with Crippen LogP contribution in [0.15, 0.2) is 53.4 Å². The number of hydrogen-bond donors (Lipinski definition) is 0. The Balaban J connectivity index is 1.83. The molecule has 0 aliphatic carbocycles. The summed E-state index contributed by atoms with van der Waals surface area (Å²) >= 11 is 6.08. The number of hydrogen-bond acceptors (Lipinski definition) is 5. The third-order valence-corrected chi connectivity index (χ3v) is 6.83. The molecular weight excluding hydrogens is 438 g/mol. The predicted octanol–water partition coefficient (Wildman–Crippen LogP) is 4.11. The lowest BCUT2D eigenvalue weighted by molar-refractivity contribution is -0.139. The van der Waals surface area contributed by atoms with Gasteiger partial charge in [-0.2, -0.15) is 0 Å². The molecule has 0 atom stereocenters. The van der Waals surface area contributed by atoms with Crippen molar-refractivity contribution in [2.24, 2.45) is 0 Å². The highest BCUT2D eigenvalue weighted by Gasteiger charge is 2.20. The molecule has 9 heteroatoms. The largest absolute Gasteiger partial charge is 0.454 e. The van der Waals surface area contributed by atoms with E-state index in [2.05, 4.69) is 4.98 Å². The van der Waals surface area contributed by atoms with Crippen LogP contribution in [0.1, 0.15) is 24.7 Å². The average molecular weight is 462 g/mol. The van der Waals surface area contributed by atoms with Crippen LogP contribution in [-0.2, 0) is 32.7 Å². The van der Waals surface area contributed by atoms with Crippen molar-refractivity contribution in [3.63, 3.8) is 0 Å². The minimum atomic E-state index is -3.57. The lowest BCUT2D eigenvalue weighted by atomic mass is 10.2. The van der Waals surface area contributed by atoms with Crippen LogP contribution >= 0.6 is 11.6 Å². The predicted molar refractivity (Wildman–Crippen MR) is 121 cm³/mol. The van der Waals surface area contributed by atoms with Crippen molar-refractivity contribution >= 4 is 44.7 Å². The summed E-state index contributed by atoms with van der Waals surface area (Å²) < 4.78 is 33.3. The molecule has 31 heavy (non-hydrogen) atoms. The fourth-order valence-electron chi connectivity index (χ4n) is 3.07. The first kappa shape index (κ1) is 23.0. The quantitative estimate of drug-likeness (QED) is 0.372. The molecule has 0 radical (unpaired) electrons. The summed E-state index contributed by atoms with van der Waals surface area (Å²) in [5.41, 5.74) is 2.04. The minimum absolute atomic E-state index is 0.0316. The molecule has 0 aliphatic rings. The van der Waals surface area contributed by atoms with Gasteiger partial charge in [0.05, 0.1) is 15.9 Å². The molecule has 0 spiro atoms. The van der Waals surface area contributed by atoms with E-state index in [4.69, 9.17) is 16.3 Å². The molecule has 7 nitrogen and oxygen atoms in total. The highest BCUT2D eigenvalue weighted by atomic mass is 35.5. The number of sulfonamides is 1. The topological polar surface area (TPSA) is 81.5 Å². The van der Waals surface area contributed by atoms with Crippen LogP contribution in [0.2, 0.25) is 5.02 Å². The molecule has 1 aromatic heterocycles. The van der Waals surface area contributed by atoms with Crippen LogP contribution in [0, 0.1) is 0 Å². The average Bonchev–Trinajstić information content (AvgIpc) is 3.08. The second kappa shape index (κ2) is 9.64. The lowest BCUT2D eigenvalue weighted by Crippen LogP contribution is -2.22. The first-order valence-corrected chi connectivity index (χ1v) is 11.6. The second-order valence-electron chi connectivity index (χ2n) is 7.08. The van der Waals surface area contributed by atoms with Gasteiger partial charge in [-0.25, -0.2) is 22.5 Å². The third kappa shape index (κ3) is 5.15. The van der Waals surface area contributed by atoms with Crippen LogP contribution in [0.25, 0.3) is 17.1 Å². The molecule has 0 bridgehead atoms. The van der Waals surface area contributed by atoms with E-state index in [1.54, 1.807) is 36.4 Å². The highest BCUT2D eigenvalue weighted by Crippen LogP contribution is 2.23. The van der Waals surface area contributed by atoms with E-state index >= 15 is 0 Å². The first-order chi connectivity index (χ1) is 14.7. The molecule has 3 aromatic rings. The summed E-state index contributed by atoms with van der Waals surface area (Å²) in [4.78, 5) is 16.9. The fraction of sp³-hybridized carbons (Fsp3) is 0.273. The molecule has 0 aliphatic heterocycles. The molecule has 0 N–H and O–H groups in total. The van der Waals surface area contributed by atoms with Crippen molar-refractivity contribution in [3.8, 4) is 0 Å². The number of rotatable bonds is 8. The Hall–Kier alpha value is -2.68. The summed E-state index contributed by atoms with van der Waals surface area (Å²) in [5, 5.41) is 0.541. The van der Waals surface area contributed by atoms with E-state index in [9.17, 15) is 13.2 Å². The number of aromatic nitrogens is 2. The highest BCUT2D eigenvalue weighted by molar-refractivity contribution is 7.89. The van der Waals surface area contributed by atoms with Crippen molar-refractivity contribution in [2.45, 2.75) is 31.4 Å². The molecule has 0 unspecified atom stereocenters. The Morgan fingerprint density at radius 3 is 2.65 bits per heavy atom. The number of halogens is 1. The van der Waals surface area contributed by atoms with Crippen molar-refractivity contribution in [1.82, 2.24) is 13.9 Å². The monoisotopic (exact) mass is 461 g/mol. The zero-order chi connectivity index (χ0) is 22.6. The smallest absolute Gasteiger partial charge is 0.331 e. The molecule has 0 saturated heterocycles. The maximum absolute atomic E-state index is 12.4. The van der Waals surface area contributed by atoms with Crippen LogP contribution < -0.4 is 0 Å². The number of aryl methyl sites for hydroxylation is 1. The maximum Gasteiger partial charge on any atom is 0.331 e. The second-order valence-corrected chi connectivity index (χ2v) is 9.64. The van der Waals surface area contributed by atoms with Crippen LogP contribution in [0.5, 0.6) is 0 Å². The van der Waals surface area contributed by atoms with Crippen LogP contribution in [0.4, 0.5) is 0 Å². The molecular formula is C22H24ClN3O4S. The number of imidazole rings is 1.